The molecule has 0 saturated carbocycles. The lowest BCUT2D eigenvalue weighted by molar-refractivity contribution is -0.119. The number of carbonyl (C=O) groups excluding carboxylic acids is 1. The number of furan rings is 1. The first-order chi connectivity index (χ1) is 13.8. The molecule has 1 unspecified atom stereocenters. The Bertz CT molecular complexity index is 1170. The number of hydrogen-bond donors (Lipinski definition) is 1. The number of rotatable bonds is 5. The van der Waals surface area contributed by atoms with E-state index in [1.165, 1.54) is 16.4 Å². The summed E-state index contributed by atoms with van der Waals surface area (Å²) in [6.07, 6.45) is 0.962. The van der Waals surface area contributed by atoms with Crippen LogP contribution in [0.25, 0.3) is 11.5 Å². The summed E-state index contributed by atoms with van der Waals surface area (Å²) < 4.78 is 38.4. The lowest BCUT2D eigenvalue weighted by Gasteiger charge is -2.21. The second-order valence-electron chi connectivity index (χ2n) is 6.56. The van der Waals surface area contributed by atoms with Crippen molar-refractivity contribution in [3.8, 4) is 11.5 Å². The average molecular weight is 457 g/mol. The first kappa shape index (κ1) is 20.1. The fraction of sp³-hybridized carbons (Fsp3) is 0.353. The van der Waals surface area contributed by atoms with E-state index >= 15 is 0 Å². The second kappa shape index (κ2) is 7.56. The average Bonchev–Trinajstić information content (AvgIpc) is 3.42. The summed E-state index contributed by atoms with van der Waals surface area (Å²) in [5.74, 6) is 0.997. The SMILES string of the molecule is Cc1cc(-c2nnc(NC(=O)C3CCCN3S(=O)(=O)c3ccc(Cl)s3)o2)c(C)o1. The predicted octanol–water partition coefficient (Wildman–Crippen LogP) is 3.45. The predicted molar refractivity (Wildman–Crippen MR) is 106 cm³/mol. The molecule has 3 aromatic heterocycles. The molecule has 0 spiro atoms. The summed E-state index contributed by atoms with van der Waals surface area (Å²) in [6, 6.07) is 3.74. The van der Waals surface area contributed by atoms with Crippen LogP contribution in [0.5, 0.6) is 0 Å². The third-order valence-corrected chi connectivity index (χ3v) is 8.15. The van der Waals surface area contributed by atoms with Gasteiger partial charge in [0.2, 0.25) is 5.91 Å². The Morgan fingerprint density at radius 1 is 1.31 bits per heavy atom. The zero-order valence-electron chi connectivity index (χ0n) is 15.5. The molecule has 1 aliphatic heterocycles. The van der Waals surface area contributed by atoms with Crippen LogP contribution in [-0.4, -0.2) is 41.4 Å². The van der Waals surface area contributed by atoms with E-state index in [4.69, 9.17) is 20.4 Å². The molecule has 1 N–H and O–H groups in total. The van der Waals surface area contributed by atoms with Crippen LogP contribution in [0, 0.1) is 13.8 Å². The molecule has 29 heavy (non-hydrogen) atoms. The Labute approximate surface area is 175 Å². The van der Waals surface area contributed by atoms with Crippen LogP contribution in [0.1, 0.15) is 24.4 Å². The van der Waals surface area contributed by atoms with Crippen molar-refractivity contribution in [2.45, 2.75) is 36.9 Å². The minimum atomic E-state index is -3.82. The van der Waals surface area contributed by atoms with Gasteiger partial charge in [-0.25, -0.2) is 8.42 Å². The normalized spacial score (nSPS) is 17.7. The van der Waals surface area contributed by atoms with Gasteiger partial charge in [0.05, 0.1) is 9.90 Å². The first-order valence-corrected chi connectivity index (χ1v) is 11.4. The molecule has 154 valence electrons. The molecule has 0 bridgehead atoms. The second-order valence-corrected chi connectivity index (χ2v) is 10.4. The van der Waals surface area contributed by atoms with Gasteiger partial charge in [-0.05, 0) is 44.9 Å². The molecular weight excluding hydrogens is 440 g/mol. The van der Waals surface area contributed by atoms with Crippen LogP contribution in [0.3, 0.4) is 0 Å². The largest absolute Gasteiger partial charge is 0.466 e. The van der Waals surface area contributed by atoms with Crippen LogP contribution in [0.2, 0.25) is 4.34 Å². The van der Waals surface area contributed by atoms with E-state index in [0.29, 0.717) is 34.3 Å². The summed E-state index contributed by atoms with van der Waals surface area (Å²) in [7, 11) is -3.82. The van der Waals surface area contributed by atoms with Gasteiger partial charge in [-0.1, -0.05) is 16.7 Å². The van der Waals surface area contributed by atoms with E-state index in [-0.39, 0.29) is 22.7 Å². The number of nitrogens with zero attached hydrogens (tertiary/aromatic N) is 3. The molecular formula is C17H17ClN4O5S2. The Hall–Kier alpha value is -2.21. The number of aromatic nitrogens is 2. The molecule has 0 aliphatic carbocycles. The molecule has 4 rings (SSSR count). The molecule has 9 nitrogen and oxygen atoms in total. The fourth-order valence-electron chi connectivity index (χ4n) is 3.26. The molecule has 3 aromatic rings. The first-order valence-electron chi connectivity index (χ1n) is 8.74. The molecule has 4 heterocycles. The van der Waals surface area contributed by atoms with Gasteiger partial charge in [0.1, 0.15) is 21.8 Å². The number of halogens is 1. The number of nitrogens with one attached hydrogen (secondary N) is 1. The highest BCUT2D eigenvalue weighted by Crippen LogP contribution is 2.33. The molecule has 0 radical (unpaired) electrons. The Kier molecular flexibility index (Phi) is 5.23. The van der Waals surface area contributed by atoms with Gasteiger partial charge in [-0.15, -0.1) is 16.4 Å². The molecule has 1 amide bonds. The van der Waals surface area contributed by atoms with E-state index < -0.39 is 22.0 Å². The van der Waals surface area contributed by atoms with Crippen molar-refractivity contribution < 1.29 is 22.0 Å². The van der Waals surface area contributed by atoms with Crippen molar-refractivity contribution in [2.24, 2.45) is 0 Å². The van der Waals surface area contributed by atoms with Gasteiger partial charge >= 0.3 is 6.01 Å². The molecule has 0 aromatic carbocycles. The molecule has 12 heteroatoms. The van der Waals surface area contributed by atoms with Gasteiger partial charge in [0.25, 0.3) is 15.9 Å². The van der Waals surface area contributed by atoms with Crippen LogP contribution >= 0.6 is 22.9 Å². The van der Waals surface area contributed by atoms with Crippen molar-refractivity contribution >= 4 is 44.9 Å². The molecule has 1 saturated heterocycles. The van der Waals surface area contributed by atoms with Crippen LogP contribution in [0.4, 0.5) is 6.01 Å². The third kappa shape index (κ3) is 3.82. The number of aryl methyl sites for hydroxylation is 2. The highest BCUT2D eigenvalue weighted by atomic mass is 35.5. The maximum atomic E-state index is 12.9. The quantitative estimate of drug-likeness (QED) is 0.624. The Balaban J connectivity index is 1.52. The molecule has 1 atom stereocenters. The minimum Gasteiger partial charge on any atom is -0.466 e. The van der Waals surface area contributed by atoms with Crippen LogP contribution < -0.4 is 5.32 Å². The number of amides is 1. The van der Waals surface area contributed by atoms with Gasteiger partial charge in [0.15, 0.2) is 0 Å². The van der Waals surface area contributed by atoms with Crippen molar-refractivity contribution in [1.82, 2.24) is 14.5 Å². The van der Waals surface area contributed by atoms with Crippen molar-refractivity contribution in [3.05, 3.63) is 34.1 Å². The van der Waals surface area contributed by atoms with Gasteiger partial charge in [-0.2, -0.15) is 4.31 Å². The molecule has 1 fully saturated rings. The van der Waals surface area contributed by atoms with Crippen LogP contribution in [-0.2, 0) is 14.8 Å². The number of anilines is 1. The smallest absolute Gasteiger partial charge is 0.322 e. The number of thiophene rings is 1. The number of carbonyl (C=O) groups is 1. The fourth-order valence-corrected chi connectivity index (χ4v) is 6.52. The Morgan fingerprint density at radius 2 is 2.10 bits per heavy atom. The van der Waals surface area contributed by atoms with E-state index in [2.05, 4.69) is 15.5 Å². The standard InChI is InChI=1S/C17H17ClN4O5S2/c1-9-8-11(10(2)26-9)16-20-21-17(27-16)19-15(23)12-4-3-7-22(12)29(24,25)14-6-5-13(18)28-14/h5-6,8,12H,3-4,7H2,1-2H3,(H,19,21,23). The van der Waals surface area contributed by atoms with E-state index in [1.807, 2.05) is 0 Å². The van der Waals surface area contributed by atoms with Gasteiger partial charge in [0, 0.05) is 6.54 Å². The van der Waals surface area contributed by atoms with Crippen molar-refractivity contribution in [3.63, 3.8) is 0 Å². The van der Waals surface area contributed by atoms with E-state index in [9.17, 15) is 13.2 Å². The summed E-state index contributed by atoms with van der Waals surface area (Å²) in [5, 5.41) is 10.3. The monoisotopic (exact) mass is 456 g/mol. The summed E-state index contributed by atoms with van der Waals surface area (Å²) >= 11 is 6.82. The zero-order chi connectivity index (χ0) is 20.8. The summed E-state index contributed by atoms with van der Waals surface area (Å²) in [5.41, 5.74) is 0.634. The number of hydrogen-bond acceptors (Lipinski definition) is 8. The van der Waals surface area contributed by atoms with Gasteiger partial charge < -0.3 is 8.83 Å². The highest BCUT2D eigenvalue weighted by Gasteiger charge is 2.40. The lowest BCUT2D eigenvalue weighted by Crippen LogP contribution is -2.42. The highest BCUT2D eigenvalue weighted by molar-refractivity contribution is 7.91. The molecule has 1 aliphatic rings. The minimum absolute atomic E-state index is 0.105. The van der Waals surface area contributed by atoms with E-state index in [0.717, 1.165) is 11.3 Å². The topological polar surface area (TPSA) is 119 Å². The van der Waals surface area contributed by atoms with Crippen molar-refractivity contribution in [2.75, 3.05) is 11.9 Å². The van der Waals surface area contributed by atoms with E-state index in [1.54, 1.807) is 19.9 Å². The lowest BCUT2D eigenvalue weighted by atomic mass is 10.2. The maximum Gasteiger partial charge on any atom is 0.322 e. The number of sulfonamides is 1. The van der Waals surface area contributed by atoms with Crippen molar-refractivity contribution in [1.29, 1.82) is 0 Å². The van der Waals surface area contributed by atoms with Gasteiger partial charge in [-0.3, -0.25) is 10.1 Å². The summed E-state index contributed by atoms with van der Waals surface area (Å²) in [4.78, 5) is 12.7. The van der Waals surface area contributed by atoms with Crippen LogP contribution in [0.15, 0.2) is 31.2 Å². The Morgan fingerprint density at radius 3 is 2.76 bits per heavy atom. The maximum absolute atomic E-state index is 12.9. The third-order valence-electron chi connectivity index (χ3n) is 4.54. The summed E-state index contributed by atoms with van der Waals surface area (Å²) in [6.45, 7) is 3.81. The zero-order valence-corrected chi connectivity index (χ0v) is 17.9.